The molecular weight excluding hydrogens is 346 g/mol. The van der Waals surface area contributed by atoms with E-state index in [0.717, 1.165) is 6.07 Å². The minimum absolute atomic E-state index is 0.0562. The first-order valence-corrected chi connectivity index (χ1v) is 7.89. The van der Waals surface area contributed by atoms with Gasteiger partial charge in [0.15, 0.2) is 5.82 Å². The number of hydrogen-bond donors (Lipinski definition) is 0. The van der Waals surface area contributed by atoms with E-state index in [1.165, 1.54) is 30.3 Å². The Kier molecular flexibility index (Phi) is 3.50. The van der Waals surface area contributed by atoms with Gasteiger partial charge in [0.2, 0.25) is 0 Å². The lowest BCUT2D eigenvalue weighted by molar-refractivity contribution is -0.137. The third kappa shape index (κ3) is 2.34. The third-order valence-corrected chi connectivity index (χ3v) is 4.35. The van der Waals surface area contributed by atoms with Gasteiger partial charge in [0, 0.05) is 5.56 Å². The highest BCUT2D eigenvalue weighted by molar-refractivity contribution is 5.84. The zero-order valence-electron chi connectivity index (χ0n) is 13.9. The van der Waals surface area contributed by atoms with Gasteiger partial charge in [0.05, 0.1) is 28.0 Å². The Morgan fingerprint density at radius 3 is 2.31 bits per heavy atom. The van der Waals surface area contributed by atoms with E-state index in [1.54, 1.807) is 24.3 Å². The molecule has 0 amide bonds. The zero-order valence-corrected chi connectivity index (χ0v) is 13.9. The van der Waals surface area contributed by atoms with Gasteiger partial charge in [-0.05, 0) is 32.0 Å². The van der Waals surface area contributed by atoms with E-state index in [-0.39, 0.29) is 16.9 Å². The molecule has 0 aliphatic heterocycles. The Bertz CT molecular complexity index is 1160. The van der Waals surface area contributed by atoms with E-state index >= 15 is 0 Å². The normalized spacial score (nSPS) is 12.2. The van der Waals surface area contributed by atoms with Crippen molar-refractivity contribution >= 4 is 16.6 Å². The second kappa shape index (κ2) is 5.52. The number of alkyl halides is 3. The van der Waals surface area contributed by atoms with Crippen molar-refractivity contribution < 1.29 is 17.6 Å². The quantitative estimate of drug-likeness (QED) is 0.430. The number of hydrogen-bond acceptors (Lipinski definition) is 2. The van der Waals surface area contributed by atoms with Gasteiger partial charge in [-0.3, -0.25) is 4.40 Å². The maximum atomic E-state index is 14.2. The number of fused-ring (bicyclic) bond motifs is 3. The van der Waals surface area contributed by atoms with Crippen molar-refractivity contribution in [1.29, 1.82) is 0 Å². The first-order chi connectivity index (χ1) is 12.3. The number of aryl methyl sites for hydroxylation is 2. The lowest BCUT2D eigenvalue weighted by Crippen LogP contribution is -2.08. The van der Waals surface area contributed by atoms with Crippen molar-refractivity contribution in [2.75, 3.05) is 0 Å². The van der Waals surface area contributed by atoms with E-state index in [0.29, 0.717) is 22.4 Å². The molecule has 2 aromatic carbocycles. The van der Waals surface area contributed by atoms with Crippen LogP contribution in [-0.2, 0) is 6.18 Å². The predicted molar refractivity (Wildman–Crippen MR) is 90.4 cm³/mol. The van der Waals surface area contributed by atoms with Crippen molar-refractivity contribution in [3.05, 3.63) is 65.2 Å². The summed E-state index contributed by atoms with van der Waals surface area (Å²) in [5.41, 5.74) is 1.25. The first kappa shape index (κ1) is 16.5. The van der Waals surface area contributed by atoms with Gasteiger partial charge < -0.3 is 0 Å². The SMILES string of the molecule is Cc1nc(-c2ccccc2C(F)(F)F)n2c1c(C)nc1c(F)cccc12. The van der Waals surface area contributed by atoms with Crippen LogP contribution in [0.1, 0.15) is 17.0 Å². The van der Waals surface area contributed by atoms with Crippen molar-refractivity contribution in [3.63, 3.8) is 0 Å². The van der Waals surface area contributed by atoms with E-state index in [4.69, 9.17) is 0 Å². The molecule has 0 saturated heterocycles. The topological polar surface area (TPSA) is 30.2 Å². The fourth-order valence-electron chi connectivity index (χ4n) is 3.31. The van der Waals surface area contributed by atoms with Crippen LogP contribution in [0.15, 0.2) is 42.5 Å². The minimum Gasteiger partial charge on any atom is -0.289 e. The highest BCUT2D eigenvalue weighted by atomic mass is 19.4. The highest BCUT2D eigenvalue weighted by Crippen LogP contribution is 2.38. The van der Waals surface area contributed by atoms with E-state index in [1.807, 2.05) is 0 Å². The van der Waals surface area contributed by atoms with E-state index < -0.39 is 17.6 Å². The largest absolute Gasteiger partial charge is 0.417 e. The lowest BCUT2D eigenvalue weighted by Gasteiger charge is -2.13. The molecule has 3 nitrogen and oxygen atoms in total. The molecule has 0 fully saturated rings. The van der Waals surface area contributed by atoms with E-state index in [9.17, 15) is 17.6 Å². The Morgan fingerprint density at radius 2 is 1.58 bits per heavy atom. The van der Waals surface area contributed by atoms with Crippen LogP contribution in [0.4, 0.5) is 17.6 Å². The molecule has 26 heavy (non-hydrogen) atoms. The maximum absolute atomic E-state index is 14.2. The highest BCUT2D eigenvalue weighted by Gasteiger charge is 2.34. The van der Waals surface area contributed by atoms with Crippen LogP contribution in [0, 0.1) is 19.7 Å². The van der Waals surface area contributed by atoms with Crippen molar-refractivity contribution in [1.82, 2.24) is 14.4 Å². The summed E-state index contributed by atoms with van der Waals surface area (Å²) >= 11 is 0. The second-order valence-corrected chi connectivity index (χ2v) is 6.05. The average molecular weight is 359 g/mol. The number of para-hydroxylation sites is 1. The molecule has 7 heteroatoms. The fourth-order valence-corrected chi connectivity index (χ4v) is 3.31. The van der Waals surface area contributed by atoms with Crippen LogP contribution in [0.5, 0.6) is 0 Å². The summed E-state index contributed by atoms with van der Waals surface area (Å²) in [7, 11) is 0. The van der Waals surface area contributed by atoms with Crippen LogP contribution >= 0.6 is 0 Å². The van der Waals surface area contributed by atoms with E-state index in [2.05, 4.69) is 9.97 Å². The Balaban J connectivity index is 2.20. The van der Waals surface area contributed by atoms with Gasteiger partial charge >= 0.3 is 6.18 Å². The van der Waals surface area contributed by atoms with Crippen LogP contribution < -0.4 is 0 Å². The molecular formula is C19H13F4N3. The molecule has 2 aromatic heterocycles. The van der Waals surface area contributed by atoms with Crippen LogP contribution in [0.2, 0.25) is 0 Å². The van der Waals surface area contributed by atoms with Gasteiger partial charge in [0.1, 0.15) is 11.3 Å². The number of aromatic nitrogens is 3. The first-order valence-electron chi connectivity index (χ1n) is 7.89. The third-order valence-electron chi connectivity index (χ3n) is 4.35. The summed E-state index contributed by atoms with van der Waals surface area (Å²) in [6.45, 7) is 3.39. The summed E-state index contributed by atoms with van der Waals surface area (Å²) in [6, 6.07) is 9.65. The molecule has 0 N–H and O–H groups in total. The summed E-state index contributed by atoms with van der Waals surface area (Å²) in [6.07, 6.45) is -4.53. The molecule has 4 aromatic rings. The van der Waals surface area contributed by atoms with Gasteiger partial charge in [-0.15, -0.1) is 0 Å². The van der Waals surface area contributed by atoms with Crippen molar-refractivity contribution in [2.24, 2.45) is 0 Å². The molecule has 0 saturated carbocycles. The molecule has 132 valence electrons. The number of imidazole rings is 1. The second-order valence-electron chi connectivity index (χ2n) is 6.05. The van der Waals surface area contributed by atoms with Crippen LogP contribution in [-0.4, -0.2) is 14.4 Å². The summed E-state index contributed by atoms with van der Waals surface area (Å²) in [4.78, 5) is 8.66. The van der Waals surface area contributed by atoms with Crippen LogP contribution in [0.25, 0.3) is 27.9 Å². The predicted octanol–water partition coefficient (Wildman–Crippen LogP) is 5.32. The van der Waals surface area contributed by atoms with Gasteiger partial charge in [0.25, 0.3) is 0 Å². The Hall–Kier alpha value is -2.96. The Labute approximate surface area is 145 Å². The standard InChI is InChI=1S/C19H13F4N3/c1-10-17-11(2)25-18(12-6-3-4-7-13(12)19(21,22)23)26(17)15-9-5-8-14(20)16(15)24-10/h3-9H,1-2H3. The fraction of sp³-hybridized carbons (Fsp3) is 0.158. The summed E-state index contributed by atoms with van der Waals surface area (Å²) in [5, 5.41) is 0. The van der Waals surface area contributed by atoms with Crippen molar-refractivity contribution in [3.8, 4) is 11.4 Å². The molecule has 4 rings (SSSR count). The van der Waals surface area contributed by atoms with Gasteiger partial charge in [-0.1, -0.05) is 24.3 Å². The maximum Gasteiger partial charge on any atom is 0.417 e. The smallest absolute Gasteiger partial charge is 0.289 e. The molecule has 0 unspecified atom stereocenters. The van der Waals surface area contributed by atoms with Gasteiger partial charge in [-0.25, -0.2) is 14.4 Å². The lowest BCUT2D eigenvalue weighted by atomic mass is 10.1. The number of nitrogens with zero attached hydrogens (tertiary/aromatic N) is 3. The molecule has 0 bridgehead atoms. The number of rotatable bonds is 1. The van der Waals surface area contributed by atoms with Crippen molar-refractivity contribution in [2.45, 2.75) is 20.0 Å². The zero-order chi connectivity index (χ0) is 18.6. The minimum atomic E-state index is -4.53. The average Bonchev–Trinajstić information content (AvgIpc) is 2.94. The van der Waals surface area contributed by atoms with Crippen LogP contribution in [0.3, 0.4) is 0 Å². The monoisotopic (exact) mass is 359 g/mol. The number of halogens is 4. The molecule has 0 radical (unpaired) electrons. The van der Waals surface area contributed by atoms with Gasteiger partial charge in [-0.2, -0.15) is 13.2 Å². The molecule has 0 spiro atoms. The molecule has 2 heterocycles. The summed E-state index contributed by atoms with van der Waals surface area (Å²) < 4.78 is 56.3. The molecule has 0 aliphatic carbocycles. The summed E-state index contributed by atoms with van der Waals surface area (Å²) in [5.74, 6) is -0.416. The molecule has 0 aliphatic rings. The number of benzene rings is 2. The Morgan fingerprint density at radius 1 is 0.885 bits per heavy atom. The molecule has 0 atom stereocenters.